The minimum absolute atomic E-state index is 0.0246. The van der Waals surface area contributed by atoms with E-state index in [1.807, 2.05) is 48.5 Å². The highest BCUT2D eigenvalue weighted by Gasteiger charge is 2.29. The third-order valence-corrected chi connectivity index (χ3v) is 8.74. The lowest BCUT2D eigenvalue weighted by atomic mass is 10.0. The fourth-order valence-corrected chi connectivity index (χ4v) is 6.04. The van der Waals surface area contributed by atoms with E-state index in [0.717, 1.165) is 16.7 Å². The van der Waals surface area contributed by atoms with E-state index < -0.39 is 29.9 Å². The molecule has 1 atom stereocenters. The largest absolute Gasteiger partial charge is 0.480 e. The van der Waals surface area contributed by atoms with Crippen molar-refractivity contribution in [3.8, 4) is 11.8 Å². The molecular weight excluding hydrogens is 660 g/mol. The molecule has 2 heterocycles. The van der Waals surface area contributed by atoms with Gasteiger partial charge in [0.15, 0.2) is 0 Å². The number of hydrogen-bond donors (Lipinski definition) is 5. The van der Waals surface area contributed by atoms with Crippen molar-refractivity contribution in [3.63, 3.8) is 0 Å². The number of rotatable bonds is 15. The van der Waals surface area contributed by atoms with E-state index in [-0.39, 0.29) is 89.9 Å². The number of aliphatic carboxylic acids is 3. The Labute approximate surface area is 296 Å². The lowest BCUT2D eigenvalue weighted by Gasteiger charge is -2.30. The van der Waals surface area contributed by atoms with Crippen molar-refractivity contribution in [1.82, 2.24) is 25.3 Å². The van der Waals surface area contributed by atoms with Gasteiger partial charge in [-0.2, -0.15) is 0 Å². The molecule has 4 rings (SSSR count). The summed E-state index contributed by atoms with van der Waals surface area (Å²) in [5.74, 6) is 2.10. The van der Waals surface area contributed by atoms with E-state index in [2.05, 4.69) is 22.5 Å². The van der Waals surface area contributed by atoms with Crippen LogP contribution in [0.2, 0.25) is 0 Å². The Balaban J connectivity index is 1.22. The molecule has 0 aromatic heterocycles. The molecule has 0 saturated carbocycles. The summed E-state index contributed by atoms with van der Waals surface area (Å²) in [6, 6.07) is 13.9. The van der Waals surface area contributed by atoms with Crippen LogP contribution in [0.1, 0.15) is 42.4 Å². The van der Waals surface area contributed by atoms with E-state index in [1.165, 1.54) is 0 Å². The van der Waals surface area contributed by atoms with Crippen LogP contribution >= 0.6 is 0 Å². The number of para-hydroxylation sites is 1. The van der Waals surface area contributed by atoms with E-state index in [0.29, 0.717) is 25.3 Å². The Kier molecular flexibility index (Phi) is 14.5. The summed E-state index contributed by atoms with van der Waals surface area (Å²) in [5.41, 5.74) is 3.14. The number of carbonyl (C=O) groups is 6. The van der Waals surface area contributed by atoms with E-state index >= 15 is 0 Å². The van der Waals surface area contributed by atoms with E-state index in [1.54, 1.807) is 19.6 Å². The van der Waals surface area contributed by atoms with Gasteiger partial charge < -0.3 is 30.9 Å². The number of fused-ring (bicyclic) bond motifs is 2. The normalized spacial score (nSPS) is 15.9. The first kappa shape index (κ1) is 38.5. The van der Waals surface area contributed by atoms with Gasteiger partial charge in [-0.1, -0.05) is 42.2 Å². The first-order valence-electron chi connectivity index (χ1n) is 16.9. The fraction of sp³-hybridized carbons (Fsp3) is 0.444. The SMILES string of the molecule is O=C(O)CN1CCN(CC(=O)O)CCN(C(CCC(=O)NCCNC(=O)CCC(=O)N2Cc3ccccc3C#Cc3ccccc32)C(=O)O)CC1. The van der Waals surface area contributed by atoms with E-state index in [9.17, 15) is 44.1 Å². The van der Waals surface area contributed by atoms with Gasteiger partial charge in [0.2, 0.25) is 17.7 Å². The van der Waals surface area contributed by atoms with Crippen LogP contribution in [0.15, 0.2) is 48.5 Å². The average Bonchev–Trinajstić information content (AvgIpc) is 3.17. The third-order valence-electron chi connectivity index (χ3n) is 8.74. The van der Waals surface area contributed by atoms with Crippen LogP contribution < -0.4 is 15.5 Å². The number of carbonyl (C=O) groups excluding carboxylic acids is 3. The fourth-order valence-electron chi connectivity index (χ4n) is 6.04. The second kappa shape index (κ2) is 19.2. The Morgan fingerprint density at radius 1 is 0.667 bits per heavy atom. The number of amides is 3. The number of nitrogens with one attached hydrogen (secondary N) is 2. The van der Waals surface area contributed by atoms with Gasteiger partial charge in [0.1, 0.15) is 6.04 Å². The molecule has 2 aromatic carbocycles. The minimum atomic E-state index is -1.14. The van der Waals surface area contributed by atoms with Crippen LogP contribution in [-0.2, 0) is 35.3 Å². The Morgan fingerprint density at radius 2 is 1.20 bits per heavy atom. The van der Waals surface area contributed by atoms with Crippen molar-refractivity contribution >= 4 is 41.3 Å². The Hall–Kier alpha value is -5.30. The number of nitrogens with zero attached hydrogens (tertiary/aromatic N) is 4. The predicted molar refractivity (Wildman–Crippen MR) is 186 cm³/mol. The van der Waals surface area contributed by atoms with Gasteiger partial charge in [0.25, 0.3) is 0 Å². The number of carboxylic acids is 3. The van der Waals surface area contributed by atoms with Crippen molar-refractivity contribution < 1.29 is 44.1 Å². The van der Waals surface area contributed by atoms with Gasteiger partial charge in [0.05, 0.1) is 25.3 Å². The van der Waals surface area contributed by atoms with Gasteiger partial charge in [-0.05, 0) is 30.2 Å². The highest BCUT2D eigenvalue weighted by molar-refractivity contribution is 5.97. The van der Waals surface area contributed by atoms with E-state index in [4.69, 9.17) is 0 Å². The highest BCUT2D eigenvalue weighted by Crippen LogP contribution is 2.26. The molecule has 0 radical (unpaired) electrons. The summed E-state index contributed by atoms with van der Waals surface area (Å²) in [6.07, 6.45) is -0.221. The highest BCUT2D eigenvalue weighted by atomic mass is 16.4. The summed E-state index contributed by atoms with van der Waals surface area (Å²) in [6.45, 7) is 1.63. The molecule has 0 aliphatic carbocycles. The molecule has 51 heavy (non-hydrogen) atoms. The first-order chi connectivity index (χ1) is 24.5. The zero-order valence-electron chi connectivity index (χ0n) is 28.4. The Morgan fingerprint density at radius 3 is 1.80 bits per heavy atom. The molecule has 5 N–H and O–H groups in total. The standard InChI is InChI=1S/C36H44N6O9/c43-31(12-11-30(36(50)51)41-21-19-39(24-34(46)47)17-18-40(20-22-41)25-35(48)49)37-15-16-38-32(44)13-14-33(45)42-23-28-7-2-1-5-26(28)9-10-27-6-3-4-8-29(27)42/h1-8,30H,11-25H2,(H,37,43)(H,38,44)(H,46,47)(H,48,49)(H,50,51). The van der Waals surface area contributed by atoms with Gasteiger partial charge in [-0.15, -0.1) is 0 Å². The summed E-state index contributed by atoms with van der Waals surface area (Å²) in [4.78, 5) is 80.0. The topological polar surface area (TPSA) is 200 Å². The molecule has 1 fully saturated rings. The minimum Gasteiger partial charge on any atom is -0.480 e. The molecule has 2 aliphatic heterocycles. The number of carboxylic acid groups (broad SMARTS) is 3. The quantitative estimate of drug-likeness (QED) is 0.125. The second-order valence-electron chi connectivity index (χ2n) is 12.4. The number of hydrogen-bond acceptors (Lipinski definition) is 9. The molecule has 15 nitrogen and oxygen atoms in total. The van der Waals surface area contributed by atoms with Crippen LogP contribution in [0, 0.1) is 11.8 Å². The molecule has 2 aliphatic rings. The maximum absolute atomic E-state index is 13.4. The Bertz CT molecular complexity index is 1630. The van der Waals surface area contributed by atoms with Crippen LogP contribution in [0.4, 0.5) is 5.69 Å². The zero-order valence-corrected chi connectivity index (χ0v) is 28.4. The van der Waals surface area contributed by atoms with Crippen LogP contribution in [-0.4, -0.2) is 137 Å². The van der Waals surface area contributed by atoms with Crippen molar-refractivity contribution in [2.24, 2.45) is 0 Å². The van der Waals surface area contributed by atoms with Crippen molar-refractivity contribution in [2.75, 3.05) is 70.3 Å². The summed E-state index contributed by atoms with van der Waals surface area (Å²) < 4.78 is 0. The van der Waals surface area contributed by atoms with Crippen molar-refractivity contribution in [1.29, 1.82) is 0 Å². The predicted octanol–water partition coefficient (Wildman–Crippen LogP) is 0.268. The smallest absolute Gasteiger partial charge is 0.320 e. The summed E-state index contributed by atoms with van der Waals surface area (Å²) >= 11 is 0. The maximum Gasteiger partial charge on any atom is 0.320 e. The average molecular weight is 705 g/mol. The lowest BCUT2D eigenvalue weighted by molar-refractivity contribution is -0.144. The molecule has 3 amide bonds. The molecule has 0 bridgehead atoms. The summed E-state index contributed by atoms with van der Waals surface area (Å²) in [5, 5.41) is 33.9. The lowest BCUT2D eigenvalue weighted by Crippen LogP contribution is -2.47. The number of anilines is 1. The molecule has 272 valence electrons. The maximum atomic E-state index is 13.4. The zero-order chi connectivity index (χ0) is 36.8. The number of benzene rings is 2. The van der Waals surface area contributed by atoms with Gasteiger partial charge in [-0.25, -0.2) is 0 Å². The monoisotopic (exact) mass is 704 g/mol. The first-order valence-corrected chi connectivity index (χ1v) is 16.9. The molecule has 2 aromatic rings. The summed E-state index contributed by atoms with van der Waals surface area (Å²) in [7, 11) is 0. The molecule has 1 unspecified atom stereocenters. The van der Waals surface area contributed by atoms with Crippen LogP contribution in [0.5, 0.6) is 0 Å². The molecule has 1 saturated heterocycles. The van der Waals surface area contributed by atoms with Gasteiger partial charge >= 0.3 is 17.9 Å². The van der Waals surface area contributed by atoms with Gasteiger partial charge in [-0.3, -0.25) is 43.5 Å². The van der Waals surface area contributed by atoms with Gasteiger partial charge in [0, 0.05) is 82.7 Å². The van der Waals surface area contributed by atoms with Crippen molar-refractivity contribution in [2.45, 2.75) is 38.3 Å². The van der Waals surface area contributed by atoms with Crippen LogP contribution in [0.25, 0.3) is 0 Å². The molecule has 0 spiro atoms. The van der Waals surface area contributed by atoms with Crippen LogP contribution in [0.3, 0.4) is 0 Å². The molecular formula is C36H44N6O9. The third kappa shape index (κ3) is 12.2. The molecule has 15 heteroatoms. The second-order valence-corrected chi connectivity index (χ2v) is 12.4. The van der Waals surface area contributed by atoms with Crippen molar-refractivity contribution in [3.05, 3.63) is 65.2 Å².